The van der Waals surface area contributed by atoms with Crippen LogP contribution in [0.4, 0.5) is 13.2 Å². The lowest BCUT2D eigenvalue weighted by atomic mass is 10.3. The zero-order valence-electron chi connectivity index (χ0n) is 10.6. The van der Waals surface area contributed by atoms with E-state index in [2.05, 4.69) is 15.3 Å². The summed E-state index contributed by atoms with van der Waals surface area (Å²) in [6.07, 6.45) is -5.48. The average molecular weight is 285 g/mol. The molecule has 1 aromatic carbocycles. The predicted molar refractivity (Wildman–Crippen MR) is 68.1 cm³/mol. The topological polar surface area (TPSA) is 57.8 Å². The van der Waals surface area contributed by atoms with Gasteiger partial charge in [-0.2, -0.15) is 13.2 Å². The van der Waals surface area contributed by atoms with Gasteiger partial charge >= 0.3 is 6.18 Å². The van der Waals surface area contributed by atoms with E-state index in [-0.39, 0.29) is 6.54 Å². The number of carbonyl (C=O) groups excluding carboxylic acids is 1. The number of carbonyl (C=O) groups is 1. The molecule has 0 spiro atoms. The molecular formula is C13H14F3N3O. The Morgan fingerprint density at radius 2 is 2.05 bits per heavy atom. The number of halogens is 3. The maximum absolute atomic E-state index is 11.9. The molecule has 0 unspecified atom stereocenters. The summed E-state index contributed by atoms with van der Waals surface area (Å²) in [4.78, 5) is 18.6. The number of para-hydroxylation sites is 2. The van der Waals surface area contributed by atoms with Crippen molar-refractivity contribution in [1.82, 2.24) is 15.3 Å². The van der Waals surface area contributed by atoms with Gasteiger partial charge in [-0.25, -0.2) is 4.98 Å². The fourth-order valence-corrected chi connectivity index (χ4v) is 1.79. The summed E-state index contributed by atoms with van der Waals surface area (Å²) in [5.74, 6) is 0.0979. The Morgan fingerprint density at radius 3 is 2.75 bits per heavy atom. The molecule has 0 aliphatic carbocycles. The number of aromatic nitrogens is 2. The van der Waals surface area contributed by atoms with Gasteiger partial charge in [-0.05, 0) is 12.1 Å². The van der Waals surface area contributed by atoms with Gasteiger partial charge in [0.05, 0.1) is 17.5 Å². The van der Waals surface area contributed by atoms with Gasteiger partial charge in [-0.15, -0.1) is 0 Å². The van der Waals surface area contributed by atoms with E-state index in [1.165, 1.54) is 0 Å². The number of alkyl halides is 3. The van der Waals surface area contributed by atoms with Crippen molar-refractivity contribution in [2.24, 2.45) is 0 Å². The molecule has 0 aliphatic rings. The Morgan fingerprint density at radius 1 is 1.30 bits per heavy atom. The second kappa shape index (κ2) is 5.94. The summed E-state index contributed by atoms with van der Waals surface area (Å²) in [5.41, 5.74) is 1.72. The van der Waals surface area contributed by atoms with E-state index in [0.717, 1.165) is 11.0 Å². The molecule has 2 aromatic rings. The zero-order chi connectivity index (χ0) is 14.6. The van der Waals surface area contributed by atoms with Gasteiger partial charge in [0, 0.05) is 19.4 Å². The number of fused-ring (bicyclic) bond motifs is 1. The summed E-state index contributed by atoms with van der Waals surface area (Å²) in [7, 11) is 0. The van der Waals surface area contributed by atoms with Crippen molar-refractivity contribution in [3.8, 4) is 0 Å². The van der Waals surface area contributed by atoms with Crippen LogP contribution in [0.2, 0.25) is 0 Å². The Bertz CT molecular complexity index is 559. The second-order valence-corrected chi connectivity index (χ2v) is 4.42. The number of nitrogens with one attached hydrogen (secondary N) is 2. The van der Waals surface area contributed by atoms with Crippen molar-refractivity contribution in [1.29, 1.82) is 0 Å². The SMILES string of the molecule is O=C(CCC(F)(F)F)NCCc1nc2ccccc2[nH]1. The third-order valence-electron chi connectivity index (χ3n) is 2.76. The van der Waals surface area contributed by atoms with Gasteiger partial charge in [0.1, 0.15) is 5.82 Å². The van der Waals surface area contributed by atoms with Crippen LogP contribution in [0.5, 0.6) is 0 Å². The monoisotopic (exact) mass is 285 g/mol. The highest BCUT2D eigenvalue weighted by Gasteiger charge is 2.27. The molecule has 0 saturated carbocycles. The minimum absolute atomic E-state index is 0.260. The largest absolute Gasteiger partial charge is 0.389 e. The molecular weight excluding hydrogens is 271 g/mol. The van der Waals surface area contributed by atoms with E-state index in [9.17, 15) is 18.0 Å². The molecule has 2 N–H and O–H groups in total. The van der Waals surface area contributed by atoms with Crippen molar-refractivity contribution in [2.75, 3.05) is 6.54 Å². The molecule has 108 valence electrons. The van der Waals surface area contributed by atoms with Crippen LogP contribution < -0.4 is 5.32 Å². The molecule has 2 rings (SSSR count). The van der Waals surface area contributed by atoms with Gasteiger partial charge in [0.25, 0.3) is 0 Å². The molecule has 0 atom stereocenters. The number of benzene rings is 1. The van der Waals surface area contributed by atoms with Crippen molar-refractivity contribution in [3.63, 3.8) is 0 Å². The number of H-pyrrole nitrogens is 1. The highest BCUT2D eigenvalue weighted by Crippen LogP contribution is 2.20. The molecule has 0 fully saturated rings. The molecule has 1 heterocycles. The van der Waals surface area contributed by atoms with Crippen LogP contribution in [0.3, 0.4) is 0 Å². The highest BCUT2D eigenvalue weighted by molar-refractivity contribution is 5.76. The minimum atomic E-state index is -4.30. The number of rotatable bonds is 5. The van der Waals surface area contributed by atoms with Crippen molar-refractivity contribution >= 4 is 16.9 Å². The van der Waals surface area contributed by atoms with Gasteiger partial charge in [0.2, 0.25) is 5.91 Å². The third kappa shape index (κ3) is 4.25. The Labute approximate surface area is 113 Å². The van der Waals surface area contributed by atoms with Crippen molar-refractivity contribution in [2.45, 2.75) is 25.4 Å². The Hall–Kier alpha value is -2.05. The van der Waals surface area contributed by atoms with Crippen LogP contribution in [0.25, 0.3) is 11.0 Å². The smallest absolute Gasteiger partial charge is 0.356 e. The van der Waals surface area contributed by atoms with Crippen LogP contribution in [-0.4, -0.2) is 28.6 Å². The number of hydrogen-bond acceptors (Lipinski definition) is 2. The van der Waals surface area contributed by atoms with Crippen LogP contribution in [0.15, 0.2) is 24.3 Å². The number of nitrogens with zero attached hydrogens (tertiary/aromatic N) is 1. The lowest BCUT2D eigenvalue weighted by molar-refractivity contribution is -0.144. The van der Waals surface area contributed by atoms with E-state index >= 15 is 0 Å². The summed E-state index contributed by atoms with van der Waals surface area (Å²) in [5, 5.41) is 2.45. The molecule has 1 amide bonds. The molecule has 1 aromatic heterocycles. The van der Waals surface area contributed by atoms with E-state index in [4.69, 9.17) is 0 Å². The predicted octanol–water partition coefficient (Wildman–Crippen LogP) is 2.56. The standard InChI is InChI=1S/C13H14F3N3O/c14-13(15,16)7-5-12(20)17-8-6-11-18-9-3-1-2-4-10(9)19-11/h1-4H,5-8H2,(H,17,20)(H,18,19). The molecule has 20 heavy (non-hydrogen) atoms. The maximum atomic E-state index is 11.9. The lowest BCUT2D eigenvalue weighted by Gasteiger charge is -2.06. The first-order valence-corrected chi connectivity index (χ1v) is 6.21. The molecule has 0 bridgehead atoms. The Balaban J connectivity index is 1.76. The fraction of sp³-hybridized carbons (Fsp3) is 0.385. The van der Waals surface area contributed by atoms with Crippen molar-refractivity contribution < 1.29 is 18.0 Å². The highest BCUT2D eigenvalue weighted by atomic mass is 19.4. The molecule has 0 radical (unpaired) electrons. The van der Waals surface area contributed by atoms with E-state index in [1.54, 1.807) is 0 Å². The molecule has 0 aliphatic heterocycles. The minimum Gasteiger partial charge on any atom is -0.356 e. The van der Waals surface area contributed by atoms with Crippen LogP contribution in [0, 0.1) is 0 Å². The molecule has 4 nitrogen and oxygen atoms in total. The molecule has 7 heteroatoms. The summed E-state index contributed by atoms with van der Waals surface area (Å²) >= 11 is 0. The van der Waals surface area contributed by atoms with Crippen molar-refractivity contribution in [3.05, 3.63) is 30.1 Å². The van der Waals surface area contributed by atoms with Gasteiger partial charge < -0.3 is 10.3 Å². The van der Waals surface area contributed by atoms with Crippen LogP contribution in [0.1, 0.15) is 18.7 Å². The summed E-state index contributed by atoms with van der Waals surface area (Å²) in [6.45, 7) is 0.260. The molecule has 0 saturated heterocycles. The van der Waals surface area contributed by atoms with Gasteiger partial charge in [0.15, 0.2) is 0 Å². The van der Waals surface area contributed by atoms with E-state index in [1.807, 2.05) is 24.3 Å². The lowest BCUT2D eigenvalue weighted by Crippen LogP contribution is -2.27. The third-order valence-corrected chi connectivity index (χ3v) is 2.76. The number of imidazole rings is 1. The van der Waals surface area contributed by atoms with Gasteiger partial charge in [-0.3, -0.25) is 4.79 Å². The van der Waals surface area contributed by atoms with E-state index in [0.29, 0.717) is 12.2 Å². The quantitative estimate of drug-likeness (QED) is 0.887. The summed E-state index contributed by atoms with van der Waals surface area (Å²) < 4.78 is 35.8. The van der Waals surface area contributed by atoms with E-state index < -0.39 is 24.9 Å². The number of aromatic amines is 1. The number of amides is 1. The van der Waals surface area contributed by atoms with Crippen LogP contribution in [-0.2, 0) is 11.2 Å². The summed E-state index contributed by atoms with van der Waals surface area (Å²) in [6, 6.07) is 7.49. The zero-order valence-corrected chi connectivity index (χ0v) is 10.6. The first-order chi connectivity index (χ1) is 9.44. The maximum Gasteiger partial charge on any atom is 0.389 e. The Kier molecular flexibility index (Phi) is 4.26. The first-order valence-electron chi connectivity index (χ1n) is 6.21. The second-order valence-electron chi connectivity index (χ2n) is 4.42. The van der Waals surface area contributed by atoms with Gasteiger partial charge in [-0.1, -0.05) is 12.1 Å². The number of hydrogen-bond donors (Lipinski definition) is 2. The fourth-order valence-electron chi connectivity index (χ4n) is 1.79. The van der Waals surface area contributed by atoms with Crippen LogP contribution >= 0.6 is 0 Å². The normalized spacial score (nSPS) is 11.8. The first kappa shape index (κ1) is 14.4. The average Bonchev–Trinajstić information content (AvgIpc) is 2.78.